The second-order valence-corrected chi connectivity index (χ2v) is 13.9. The number of anilines is 1. The topological polar surface area (TPSA) is 153 Å². The third-order valence-corrected chi connectivity index (χ3v) is 9.16. The molecule has 0 spiro atoms. The van der Waals surface area contributed by atoms with Crippen molar-refractivity contribution in [2.45, 2.75) is 57.7 Å². The van der Waals surface area contributed by atoms with Crippen molar-refractivity contribution in [1.29, 1.82) is 10.8 Å². The molecule has 2 aromatic carbocycles. The molecule has 0 saturated carbocycles. The summed E-state index contributed by atoms with van der Waals surface area (Å²) < 4.78 is 24.5. The summed E-state index contributed by atoms with van der Waals surface area (Å²) in [5.41, 5.74) is 9.21. The Bertz CT molecular complexity index is 1900. The number of pyridine rings is 1. The van der Waals surface area contributed by atoms with Crippen LogP contribution in [0.3, 0.4) is 0 Å². The number of nitrogens with one attached hydrogen (secondary N) is 4. The van der Waals surface area contributed by atoms with E-state index in [1.165, 1.54) is 27.6 Å². The highest BCUT2D eigenvalue weighted by Crippen LogP contribution is 2.39. The third kappa shape index (κ3) is 7.68. The number of ether oxygens (including phenoxy) is 1. The second-order valence-electron chi connectivity index (χ2n) is 13.9. The summed E-state index contributed by atoms with van der Waals surface area (Å²) in [6.07, 6.45) is 2.45. The van der Waals surface area contributed by atoms with E-state index in [1.807, 2.05) is 57.2 Å². The van der Waals surface area contributed by atoms with Gasteiger partial charge in [-0.1, -0.05) is 51.1 Å². The zero-order valence-electron chi connectivity index (χ0n) is 28.5. The van der Waals surface area contributed by atoms with E-state index < -0.39 is 11.8 Å². The summed E-state index contributed by atoms with van der Waals surface area (Å²) in [5.74, 6) is 0.164. The van der Waals surface area contributed by atoms with Crippen molar-refractivity contribution in [1.82, 2.24) is 29.5 Å². The summed E-state index contributed by atoms with van der Waals surface area (Å²) in [5, 5.41) is 26.6. The van der Waals surface area contributed by atoms with E-state index in [4.69, 9.17) is 26.4 Å². The minimum Gasteiger partial charge on any atom is -0.484 e. The number of piperazine rings is 1. The van der Waals surface area contributed by atoms with E-state index >= 15 is 4.39 Å². The lowest BCUT2D eigenvalue weighted by Gasteiger charge is -2.32. The minimum atomic E-state index is -0.427. The maximum absolute atomic E-state index is 15.5. The molecule has 4 aromatic rings. The molecule has 2 aliphatic rings. The fourth-order valence-corrected chi connectivity index (χ4v) is 6.35. The first kappa shape index (κ1) is 33.9. The fourth-order valence-electron chi connectivity index (χ4n) is 6.35. The lowest BCUT2D eigenvalue weighted by Crippen LogP contribution is -2.43. The summed E-state index contributed by atoms with van der Waals surface area (Å²) in [7, 11) is 2.12. The molecule has 1 saturated heterocycles. The first-order valence-electron chi connectivity index (χ1n) is 16.6. The highest BCUT2D eigenvalue weighted by Gasteiger charge is 2.30. The number of nitrogen functional groups attached to an aromatic ring is 1. The quantitative estimate of drug-likeness (QED) is 0.140. The van der Waals surface area contributed by atoms with Gasteiger partial charge in [-0.3, -0.25) is 25.6 Å². The molecule has 6 rings (SSSR count). The number of amides is 2. The van der Waals surface area contributed by atoms with E-state index in [0.29, 0.717) is 31.0 Å². The van der Waals surface area contributed by atoms with Gasteiger partial charge in [0.05, 0.1) is 17.9 Å². The van der Waals surface area contributed by atoms with Crippen LogP contribution in [-0.2, 0) is 12.0 Å². The number of hydrogen-bond acceptors (Lipinski definition) is 7. The molecule has 2 atom stereocenters. The maximum atomic E-state index is 15.5. The number of nitrogens with zero attached hydrogens (tertiary/aromatic N) is 5. The van der Waals surface area contributed by atoms with Gasteiger partial charge in [0.25, 0.3) is 0 Å². The van der Waals surface area contributed by atoms with Crippen LogP contribution in [0.1, 0.15) is 68.1 Å². The van der Waals surface area contributed by atoms with Gasteiger partial charge >= 0.3 is 6.03 Å². The van der Waals surface area contributed by atoms with E-state index in [9.17, 15) is 4.79 Å². The second kappa shape index (κ2) is 13.8. The van der Waals surface area contributed by atoms with Crippen molar-refractivity contribution in [3.8, 4) is 11.4 Å². The van der Waals surface area contributed by atoms with Gasteiger partial charge in [0.2, 0.25) is 0 Å². The molecule has 0 bridgehead atoms. The van der Waals surface area contributed by atoms with Gasteiger partial charge in [0.1, 0.15) is 34.7 Å². The van der Waals surface area contributed by atoms with Crippen LogP contribution in [0.5, 0.6) is 5.75 Å². The van der Waals surface area contributed by atoms with E-state index in [2.05, 4.69) is 27.5 Å². The number of benzene rings is 2. The number of rotatable bonds is 7. The lowest BCUT2D eigenvalue weighted by molar-refractivity contribution is 0.148. The van der Waals surface area contributed by atoms with Gasteiger partial charge in [-0.15, -0.1) is 0 Å². The van der Waals surface area contributed by atoms with Gasteiger partial charge in [0.15, 0.2) is 5.96 Å². The standard InChI is InChI=1S/C36H45FN10O2/c1-36(2,3)31-20-33(47(43-31)29-19-23(9-11-27(29)37)21-45-17-15-44(4)16-18-45)42-35(48)41-28-12-13-30(26-8-6-5-7-25(26)28)49-24-10-14-32(38)46(22-24)34(39)40/h5-11,14,19-20,22,28,30,38H,12-13,15-18,21H2,1-4H3,(H3,39,40)(H2,41,42,48)/t28-,30+/m0/s1. The Hall–Kier alpha value is -5.01. The SMILES string of the molecule is CN1CCN(Cc2ccc(F)c(-n3nc(C(C)(C)C)cc3NC(=O)N[C@H]3CC[C@@H](Oc4ccc(=N)n(C(=N)N)c4)c4ccccc43)c2)CC1. The number of fused-ring (bicyclic) bond motifs is 1. The van der Waals surface area contributed by atoms with E-state index in [1.54, 1.807) is 12.1 Å². The van der Waals surface area contributed by atoms with Crippen LogP contribution >= 0.6 is 0 Å². The number of hydrogen-bond donors (Lipinski definition) is 5. The molecule has 2 amide bonds. The van der Waals surface area contributed by atoms with Crippen LogP contribution in [-0.4, -0.2) is 69.4 Å². The van der Waals surface area contributed by atoms with Crippen molar-refractivity contribution in [3.05, 3.63) is 101 Å². The Morgan fingerprint density at radius 2 is 1.78 bits per heavy atom. The van der Waals surface area contributed by atoms with Crippen LogP contribution in [0.2, 0.25) is 0 Å². The maximum Gasteiger partial charge on any atom is 0.320 e. The average molecular weight is 669 g/mol. The number of carbonyl (C=O) groups is 1. The first-order valence-corrected chi connectivity index (χ1v) is 16.6. The highest BCUT2D eigenvalue weighted by molar-refractivity contribution is 5.89. The number of likely N-dealkylation sites (N-methyl/N-ethyl adjacent to an activating group) is 1. The molecule has 1 aliphatic carbocycles. The molecule has 12 nitrogen and oxygen atoms in total. The Morgan fingerprint density at radius 1 is 1.04 bits per heavy atom. The minimum absolute atomic E-state index is 0.0798. The van der Waals surface area contributed by atoms with Crippen LogP contribution in [0.4, 0.5) is 15.0 Å². The Kier molecular flexibility index (Phi) is 9.57. The normalized spacial score (nSPS) is 18.5. The monoisotopic (exact) mass is 668 g/mol. The van der Waals surface area contributed by atoms with Gasteiger partial charge < -0.3 is 20.7 Å². The highest BCUT2D eigenvalue weighted by atomic mass is 19.1. The van der Waals surface area contributed by atoms with Crippen LogP contribution in [0, 0.1) is 16.6 Å². The molecular formula is C36H45FN10O2. The summed E-state index contributed by atoms with van der Waals surface area (Å²) in [6, 6.07) is 17.2. The molecule has 13 heteroatoms. The van der Waals surface area contributed by atoms with E-state index in [-0.39, 0.29) is 34.7 Å². The van der Waals surface area contributed by atoms with Crippen molar-refractivity contribution in [2.24, 2.45) is 5.73 Å². The molecule has 1 fully saturated rings. The Morgan fingerprint density at radius 3 is 2.49 bits per heavy atom. The molecule has 6 N–H and O–H groups in total. The van der Waals surface area contributed by atoms with Crippen molar-refractivity contribution >= 4 is 17.8 Å². The molecule has 258 valence electrons. The third-order valence-electron chi connectivity index (χ3n) is 9.16. The number of nitrogens with two attached hydrogens (primary N) is 1. The molecule has 0 unspecified atom stereocenters. The predicted molar refractivity (Wildman–Crippen MR) is 187 cm³/mol. The van der Waals surface area contributed by atoms with Gasteiger partial charge in [-0.2, -0.15) is 5.10 Å². The van der Waals surface area contributed by atoms with Crippen LogP contribution in [0.15, 0.2) is 66.9 Å². The van der Waals surface area contributed by atoms with Gasteiger partial charge in [-0.05, 0) is 60.8 Å². The molecular weight excluding hydrogens is 623 g/mol. The number of aromatic nitrogens is 3. The van der Waals surface area contributed by atoms with Crippen molar-refractivity contribution in [2.75, 3.05) is 38.5 Å². The zero-order valence-corrected chi connectivity index (χ0v) is 28.5. The summed E-state index contributed by atoms with van der Waals surface area (Å²) in [6.45, 7) is 10.7. The first-order chi connectivity index (χ1) is 23.4. The smallest absolute Gasteiger partial charge is 0.320 e. The largest absolute Gasteiger partial charge is 0.484 e. The zero-order chi connectivity index (χ0) is 34.9. The van der Waals surface area contributed by atoms with Crippen molar-refractivity contribution in [3.63, 3.8) is 0 Å². The lowest BCUT2D eigenvalue weighted by atomic mass is 9.85. The molecule has 0 radical (unpaired) electrons. The van der Waals surface area contributed by atoms with Gasteiger partial charge in [-0.25, -0.2) is 13.9 Å². The van der Waals surface area contributed by atoms with Gasteiger partial charge in [0, 0.05) is 44.2 Å². The molecule has 2 aromatic heterocycles. The average Bonchev–Trinajstić information content (AvgIpc) is 3.49. The number of carbonyl (C=O) groups excluding carboxylic acids is 1. The molecule has 3 heterocycles. The number of urea groups is 1. The number of halogens is 1. The Labute approximate surface area is 285 Å². The van der Waals surface area contributed by atoms with Crippen LogP contribution < -0.4 is 26.6 Å². The predicted octanol–water partition coefficient (Wildman–Crippen LogP) is 4.86. The Balaban J connectivity index is 1.21. The van der Waals surface area contributed by atoms with Crippen molar-refractivity contribution < 1.29 is 13.9 Å². The summed E-state index contributed by atoms with van der Waals surface area (Å²) in [4.78, 5) is 18.3. The fraction of sp³-hybridized carbons (Fsp3) is 0.389. The summed E-state index contributed by atoms with van der Waals surface area (Å²) >= 11 is 0. The molecule has 1 aliphatic heterocycles. The van der Waals surface area contributed by atoms with Crippen LogP contribution in [0.25, 0.3) is 5.69 Å². The molecule has 49 heavy (non-hydrogen) atoms. The van der Waals surface area contributed by atoms with E-state index in [0.717, 1.165) is 48.6 Å².